The maximum atomic E-state index is 12.0. The maximum Gasteiger partial charge on any atom is 0.235 e. The molecule has 0 unspecified atom stereocenters. The number of rotatable bonds is 1. The summed E-state index contributed by atoms with van der Waals surface area (Å²) in [6, 6.07) is 15.9. The van der Waals surface area contributed by atoms with Gasteiger partial charge in [-0.2, -0.15) is 0 Å². The topological polar surface area (TPSA) is 50.4 Å². The summed E-state index contributed by atoms with van der Waals surface area (Å²) in [5, 5.41) is 10.3. The maximum absolute atomic E-state index is 12.0. The number of hydrogen-bond donors (Lipinski definition) is 1. The van der Waals surface area contributed by atoms with E-state index in [-0.39, 0.29) is 37.7 Å². The fourth-order valence-electron chi connectivity index (χ4n) is 1.92. The Hall–Kier alpha value is -1.67. The molecule has 0 spiro atoms. The minimum Gasteiger partial charge on any atom is -0.502 e. The Bertz CT molecular complexity index is 763. The SMILES string of the molecule is O=c1c(O)c(-c2ccccc2)oc2ccccc12.[Bi]. The molecular formula is C15H10BiO3. The van der Waals surface area contributed by atoms with Crippen LogP contribution in [0.15, 0.2) is 63.8 Å². The first-order valence-corrected chi connectivity index (χ1v) is 5.57. The van der Waals surface area contributed by atoms with Crippen molar-refractivity contribution in [1.82, 2.24) is 0 Å². The van der Waals surface area contributed by atoms with Crippen LogP contribution in [0.1, 0.15) is 0 Å². The fraction of sp³-hybridized carbons (Fsp3) is 0. The molecule has 1 N–H and O–H groups in total. The minimum absolute atomic E-state index is 0. The summed E-state index contributed by atoms with van der Waals surface area (Å²) in [4.78, 5) is 12.0. The van der Waals surface area contributed by atoms with E-state index in [2.05, 4.69) is 0 Å². The van der Waals surface area contributed by atoms with Crippen LogP contribution in [0.2, 0.25) is 0 Å². The van der Waals surface area contributed by atoms with Gasteiger partial charge in [-0.05, 0) is 12.1 Å². The van der Waals surface area contributed by atoms with Crippen LogP contribution in [0.25, 0.3) is 22.3 Å². The van der Waals surface area contributed by atoms with Gasteiger partial charge in [-0.1, -0.05) is 42.5 Å². The van der Waals surface area contributed by atoms with Crippen LogP contribution in [-0.2, 0) is 0 Å². The van der Waals surface area contributed by atoms with Crippen molar-refractivity contribution in [2.75, 3.05) is 0 Å². The van der Waals surface area contributed by atoms with Gasteiger partial charge >= 0.3 is 0 Å². The van der Waals surface area contributed by atoms with Gasteiger partial charge in [-0.3, -0.25) is 4.79 Å². The van der Waals surface area contributed by atoms with Crippen molar-refractivity contribution < 1.29 is 9.52 Å². The number of fused-ring (bicyclic) bond motifs is 1. The fourth-order valence-corrected chi connectivity index (χ4v) is 1.92. The molecule has 0 saturated carbocycles. The van der Waals surface area contributed by atoms with E-state index in [1.165, 1.54) is 0 Å². The van der Waals surface area contributed by atoms with Crippen molar-refractivity contribution in [3.8, 4) is 17.1 Å². The first kappa shape index (κ1) is 13.8. The Morgan fingerprint density at radius 1 is 0.895 bits per heavy atom. The molecule has 1 heterocycles. The van der Waals surface area contributed by atoms with E-state index in [9.17, 15) is 9.90 Å². The number of para-hydroxylation sites is 1. The quantitative estimate of drug-likeness (QED) is 0.584. The van der Waals surface area contributed by atoms with Gasteiger partial charge in [0.2, 0.25) is 11.2 Å². The van der Waals surface area contributed by atoms with Crippen molar-refractivity contribution in [3.63, 3.8) is 0 Å². The van der Waals surface area contributed by atoms with Crippen LogP contribution in [0.4, 0.5) is 0 Å². The molecule has 4 heteroatoms. The van der Waals surface area contributed by atoms with Gasteiger partial charge in [-0.15, -0.1) is 0 Å². The smallest absolute Gasteiger partial charge is 0.235 e. The number of aromatic hydroxyl groups is 1. The van der Waals surface area contributed by atoms with Crippen LogP contribution in [0.5, 0.6) is 5.75 Å². The van der Waals surface area contributed by atoms with Crippen molar-refractivity contribution in [1.29, 1.82) is 0 Å². The molecule has 0 aliphatic rings. The van der Waals surface area contributed by atoms with Crippen molar-refractivity contribution >= 4 is 37.2 Å². The molecule has 3 rings (SSSR count). The summed E-state index contributed by atoms with van der Waals surface area (Å²) >= 11 is 0. The molecule has 2 aromatic carbocycles. The van der Waals surface area contributed by atoms with Crippen molar-refractivity contribution in [3.05, 3.63) is 64.8 Å². The molecule has 3 radical (unpaired) electrons. The zero-order chi connectivity index (χ0) is 12.5. The molecule has 0 aliphatic carbocycles. The standard InChI is InChI=1S/C15H10O3.Bi/c16-13-11-8-4-5-9-12(11)18-15(14(13)17)10-6-2-1-3-7-10;/h1-9,17H;. The normalized spacial score (nSPS) is 10.1. The summed E-state index contributed by atoms with van der Waals surface area (Å²) in [5.41, 5.74) is 0.743. The van der Waals surface area contributed by atoms with E-state index in [1.807, 2.05) is 18.2 Å². The summed E-state index contributed by atoms with van der Waals surface area (Å²) < 4.78 is 5.61. The molecular weight excluding hydrogens is 437 g/mol. The van der Waals surface area contributed by atoms with Gasteiger partial charge < -0.3 is 9.52 Å². The summed E-state index contributed by atoms with van der Waals surface area (Å²) in [6.45, 7) is 0. The third-order valence-corrected chi connectivity index (χ3v) is 2.81. The number of benzene rings is 2. The Morgan fingerprint density at radius 2 is 1.53 bits per heavy atom. The van der Waals surface area contributed by atoms with Gasteiger partial charge in [-0.25, -0.2) is 0 Å². The minimum atomic E-state index is -0.407. The predicted octanol–water partition coefficient (Wildman–Crippen LogP) is 2.78. The van der Waals surface area contributed by atoms with E-state index in [1.54, 1.807) is 36.4 Å². The zero-order valence-electron chi connectivity index (χ0n) is 9.91. The van der Waals surface area contributed by atoms with Gasteiger partial charge in [0.1, 0.15) is 5.58 Å². The molecule has 3 aromatic rings. The summed E-state index contributed by atoms with van der Waals surface area (Å²) in [7, 11) is 0. The molecule has 3 nitrogen and oxygen atoms in total. The van der Waals surface area contributed by atoms with E-state index >= 15 is 0 Å². The predicted molar refractivity (Wildman–Crippen MR) is 75.3 cm³/mol. The van der Waals surface area contributed by atoms with Crippen LogP contribution >= 0.6 is 0 Å². The van der Waals surface area contributed by atoms with Gasteiger partial charge in [0.25, 0.3) is 0 Å². The largest absolute Gasteiger partial charge is 0.502 e. The van der Waals surface area contributed by atoms with Gasteiger partial charge in [0, 0.05) is 31.8 Å². The molecule has 0 aliphatic heterocycles. The van der Waals surface area contributed by atoms with Crippen LogP contribution in [0.3, 0.4) is 0 Å². The first-order valence-electron chi connectivity index (χ1n) is 5.57. The average Bonchev–Trinajstić information content (AvgIpc) is 2.44. The van der Waals surface area contributed by atoms with Crippen molar-refractivity contribution in [2.24, 2.45) is 0 Å². The Labute approximate surface area is 128 Å². The Balaban J connectivity index is 0.00000133. The van der Waals surface area contributed by atoms with Crippen LogP contribution < -0.4 is 5.43 Å². The molecule has 0 amide bonds. The van der Waals surface area contributed by atoms with Crippen molar-refractivity contribution in [2.45, 2.75) is 0 Å². The Morgan fingerprint density at radius 3 is 2.26 bits per heavy atom. The Kier molecular flexibility index (Phi) is 4.01. The molecule has 0 bridgehead atoms. The number of hydrogen-bond acceptors (Lipinski definition) is 3. The third kappa shape index (κ3) is 2.41. The van der Waals surface area contributed by atoms with Gasteiger partial charge in [0.15, 0.2) is 5.76 Å². The van der Waals surface area contributed by atoms with Gasteiger partial charge in [0.05, 0.1) is 5.39 Å². The second-order valence-corrected chi connectivity index (χ2v) is 3.97. The van der Waals surface area contributed by atoms with E-state index < -0.39 is 5.43 Å². The molecule has 1 aromatic heterocycles. The summed E-state index contributed by atoms with van der Waals surface area (Å²) in [5.74, 6) is -0.140. The molecule has 0 saturated heterocycles. The zero-order valence-corrected chi connectivity index (χ0v) is 13.4. The second kappa shape index (κ2) is 5.54. The molecule has 0 atom stereocenters. The second-order valence-electron chi connectivity index (χ2n) is 3.97. The third-order valence-electron chi connectivity index (χ3n) is 2.81. The monoisotopic (exact) mass is 447 g/mol. The molecule has 19 heavy (non-hydrogen) atoms. The first-order chi connectivity index (χ1) is 8.77. The van der Waals surface area contributed by atoms with E-state index in [0.29, 0.717) is 16.5 Å². The molecule has 93 valence electrons. The van der Waals surface area contributed by atoms with Crippen LogP contribution in [0, 0.1) is 0 Å². The van der Waals surface area contributed by atoms with E-state index in [0.717, 1.165) is 0 Å². The van der Waals surface area contributed by atoms with Crippen LogP contribution in [-0.4, -0.2) is 31.3 Å². The molecule has 0 fully saturated rings. The van der Waals surface area contributed by atoms with E-state index in [4.69, 9.17) is 4.42 Å². The average molecular weight is 447 g/mol. The summed E-state index contributed by atoms with van der Waals surface area (Å²) in [6.07, 6.45) is 0.